The second-order valence-corrected chi connectivity index (χ2v) is 10.4. The van der Waals surface area contributed by atoms with Crippen LogP contribution in [0.3, 0.4) is 0 Å². The van der Waals surface area contributed by atoms with Crippen molar-refractivity contribution in [3.05, 3.63) is 95.1 Å². The third-order valence-electron chi connectivity index (χ3n) is 6.42. The molecular formula is C31H39N9O4. The van der Waals surface area contributed by atoms with Crippen LogP contribution in [0.25, 0.3) is 0 Å². The van der Waals surface area contributed by atoms with E-state index >= 15 is 0 Å². The summed E-state index contributed by atoms with van der Waals surface area (Å²) in [5.74, 6) is -0.898. The molecule has 0 aliphatic rings. The molecule has 0 saturated carbocycles. The van der Waals surface area contributed by atoms with Crippen molar-refractivity contribution < 1.29 is 19.1 Å². The molecule has 0 aromatic carbocycles. The summed E-state index contributed by atoms with van der Waals surface area (Å²) < 4.78 is 13.1. The van der Waals surface area contributed by atoms with Gasteiger partial charge in [0.25, 0.3) is 0 Å². The van der Waals surface area contributed by atoms with E-state index in [9.17, 15) is 14.9 Å². The Morgan fingerprint density at radius 2 is 1.32 bits per heavy atom. The normalized spacial score (nSPS) is 10.6. The van der Waals surface area contributed by atoms with Gasteiger partial charge >= 0.3 is 11.9 Å². The minimum Gasteiger partial charge on any atom is -0.464 e. The first-order chi connectivity index (χ1) is 21.2. The number of pyridine rings is 2. The highest BCUT2D eigenvalue weighted by molar-refractivity contribution is 5.87. The van der Waals surface area contributed by atoms with Crippen LogP contribution in [0.1, 0.15) is 83.3 Å². The van der Waals surface area contributed by atoms with Crippen LogP contribution >= 0.6 is 0 Å². The number of ether oxygens (including phenoxy) is 2. The number of nitrogens with one attached hydrogen (secondary N) is 1. The van der Waals surface area contributed by atoms with Crippen LogP contribution in [-0.4, -0.2) is 60.6 Å². The van der Waals surface area contributed by atoms with Crippen LogP contribution < -0.4 is 5.32 Å². The predicted molar refractivity (Wildman–Crippen MR) is 162 cm³/mol. The number of nitriles is 1. The second kappa shape index (κ2) is 16.5. The maximum atomic E-state index is 11.4. The Morgan fingerprint density at radius 3 is 1.80 bits per heavy atom. The number of nitrogens with zero attached hydrogens (tertiary/aromatic N) is 8. The zero-order chi connectivity index (χ0) is 32.1. The number of aromatic nitrogens is 6. The molecule has 0 spiro atoms. The lowest BCUT2D eigenvalue weighted by molar-refractivity contribution is 0.0585. The van der Waals surface area contributed by atoms with Crippen LogP contribution in [-0.2, 0) is 35.7 Å². The van der Waals surface area contributed by atoms with E-state index in [2.05, 4.69) is 55.0 Å². The molecule has 4 aromatic rings. The molecule has 0 radical (unpaired) electrons. The highest BCUT2D eigenvalue weighted by Gasteiger charge is 2.13. The molecule has 13 nitrogen and oxygen atoms in total. The minimum absolute atomic E-state index is 0.238. The summed E-state index contributed by atoms with van der Waals surface area (Å²) in [6.07, 6.45) is 8.98. The summed E-state index contributed by atoms with van der Waals surface area (Å²) in [6.45, 7) is 10.6. The molecule has 13 heteroatoms. The van der Waals surface area contributed by atoms with Crippen molar-refractivity contribution >= 4 is 11.9 Å². The standard InChI is InChI=1S/C16H19N5O2.C15H20N4O2/c1-12(2)21-14(6-7-19-21)10-20(11-17)9-13-4-5-15(18-8-13)16(22)23-3;1-11(2)19-13(6-7-18-19)10-16-8-12-4-5-14(17-9-12)15(20)21-3/h4-8,12H,9-10H2,1-3H3;4-7,9,11,16H,8,10H2,1-3H3. The van der Waals surface area contributed by atoms with E-state index < -0.39 is 11.9 Å². The van der Waals surface area contributed by atoms with Crippen LogP contribution in [0, 0.1) is 11.5 Å². The van der Waals surface area contributed by atoms with Crippen molar-refractivity contribution in [1.29, 1.82) is 5.26 Å². The van der Waals surface area contributed by atoms with Crippen LogP contribution in [0.2, 0.25) is 0 Å². The van der Waals surface area contributed by atoms with Crippen LogP contribution in [0.15, 0.2) is 61.2 Å². The fourth-order valence-corrected chi connectivity index (χ4v) is 4.25. The molecule has 0 bridgehead atoms. The summed E-state index contributed by atoms with van der Waals surface area (Å²) >= 11 is 0. The highest BCUT2D eigenvalue weighted by Crippen LogP contribution is 2.13. The second-order valence-electron chi connectivity index (χ2n) is 10.4. The third-order valence-corrected chi connectivity index (χ3v) is 6.42. The molecule has 0 saturated heterocycles. The minimum atomic E-state index is -0.477. The fourth-order valence-electron chi connectivity index (χ4n) is 4.25. The molecule has 232 valence electrons. The Hall–Kier alpha value is -5.09. The lowest BCUT2D eigenvalue weighted by atomic mass is 10.2. The lowest BCUT2D eigenvalue weighted by Gasteiger charge is -2.18. The van der Waals surface area contributed by atoms with E-state index in [1.807, 2.05) is 47.6 Å². The summed E-state index contributed by atoms with van der Waals surface area (Å²) in [7, 11) is 2.66. The molecule has 0 unspecified atom stereocenters. The fraction of sp³-hybridized carbons (Fsp3) is 0.387. The van der Waals surface area contributed by atoms with Gasteiger partial charge in [0.2, 0.25) is 0 Å². The van der Waals surface area contributed by atoms with Gasteiger partial charge in [-0.25, -0.2) is 19.6 Å². The number of carbonyl (C=O) groups is 2. The van der Waals surface area contributed by atoms with E-state index in [1.54, 1.807) is 41.7 Å². The Bertz CT molecular complexity index is 1520. The molecule has 0 fully saturated rings. The molecule has 4 heterocycles. The topological polar surface area (TPSA) is 153 Å². The van der Waals surface area contributed by atoms with Crippen LogP contribution in [0.5, 0.6) is 0 Å². The molecule has 44 heavy (non-hydrogen) atoms. The number of methoxy groups -OCH3 is 2. The van der Waals surface area contributed by atoms with Crippen molar-refractivity contribution in [3.8, 4) is 6.19 Å². The zero-order valence-corrected chi connectivity index (χ0v) is 26.0. The average Bonchev–Trinajstić information content (AvgIpc) is 3.71. The van der Waals surface area contributed by atoms with Gasteiger partial charge in [0, 0.05) is 50.0 Å². The SMILES string of the molecule is COC(=O)c1ccc(CN(C#N)Cc2ccnn2C(C)C)cn1.COC(=O)c1ccc(CNCc2ccnn2C(C)C)cn1. The quantitative estimate of drug-likeness (QED) is 0.142. The number of rotatable bonds is 12. The van der Waals surface area contributed by atoms with Crippen molar-refractivity contribution in [3.63, 3.8) is 0 Å². The predicted octanol–water partition coefficient (Wildman–Crippen LogP) is 4.06. The Kier molecular flexibility index (Phi) is 12.5. The molecule has 0 aliphatic carbocycles. The Labute approximate surface area is 257 Å². The van der Waals surface area contributed by atoms with Crippen LogP contribution in [0.4, 0.5) is 0 Å². The van der Waals surface area contributed by atoms with Gasteiger partial charge < -0.3 is 19.7 Å². The lowest BCUT2D eigenvalue weighted by Crippen LogP contribution is -2.20. The summed E-state index contributed by atoms with van der Waals surface area (Å²) in [6, 6.07) is 11.4. The molecule has 0 atom stereocenters. The van der Waals surface area contributed by atoms with Gasteiger partial charge in [-0.1, -0.05) is 12.1 Å². The van der Waals surface area contributed by atoms with E-state index in [1.165, 1.54) is 14.2 Å². The summed E-state index contributed by atoms with van der Waals surface area (Å²) in [4.78, 5) is 32.4. The Morgan fingerprint density at radius 1 is 0.795 bits per heavy atom. The van der Waals surface area contributed by atoms with E-state index in [0.717, 1.165) is 29.1 Å². The van der Waals surface area contributed by atoms with Gasteiger partial charge in [0.1, 0.15) is 11.4 Å². The molecule has 4 rings (SSSR count). The third kappa shape index (κ3) is 9.47. The molecule has 4 aromatic heterocycles. The number of hydrogen-bond acceptors (Lipinski definition) is 11. The first-order valence-corrected chi connectivity index (χ1v) is 14.1. The first kappa shape index (κ1) is 33.4. The highest BCUT2D eigenvalue weighted by atomic mass is 16.5. The number of hydrogen-bond donors (Lipinski definition) is 1. The van der Waals surface area contributed by atoms with Crippen molar-refractivity contribution in [2.75, 3.05) is 14.2 Å². The maximum absolute atomic E-state index is 11.4. The van der Waals surface area contributed by atoms with Crippen molar-refractivity contribution in [2.45, 2.75) is 66.0 Å². The van der Waals surface area contributed by atoms with Crippen molar-refractivity contribution in [2.24, 2.45) is 0 Å². The van der Waals surface area contributed by atoms with Gasteiger partial charge in [-0.05, 0) is 63.1 Å². The largest absolute Gasteiger partial charge is 0.464 e. The van der Waals surface area contributed by atoms with E-state index in [0.29, 0.717) is 31.4 Å². The average molecular weight is 602 g/mol. The molecular weight excluding hydrogens is 562 g/mol. The van der Waals surface area contributed by atoms with E-state index in [4.69, 9.17) is 0 Å². The Balaban J connectivity index is 0.000000241. The number of esters is 2. The monoisotopic (exact) mass is 601 g/mol. The van der Waals surface area contributed by atoms with Gasteiger partial charge in [-0.3, -0.25) is 9.36 Å². The smallest absolute Gasteiger partial charge is 0.356 e. The summed E-state index contributed by atoms with van der Waals surface area (Å²) in [5, 5.41) is 21.3. The van der Waals surface area contributed by atoms with Gasteiger partial charge in [-0.2, -0.15) is 15.5 Å². The summed E-state index contributed by atoms with van der Waals surface area (Å²) in [5.41, 5.74) is 4.54. The number of carbonyl (C=O) groups excluding carboxylic acids is 2. The van der Waals surface area contributed by atoms with E-state index in [-0.39, 0.29) is 11.7 Å². The zero-order valence-electron chi connectivity index (χ0n) is 26.0. The molecule has 0 amide bonds. The van der Waals surface area contributed by atoms with Gasteiger partial charge in [0.05, 0.1) is 38.7 Å². The maximum Gasteiger partial charge on any atom is 0.356 e. The molecule has 1 N–H and O–H groups in total. The first-order valence-electron chi connectivity index (χ1n) is 14.1. The van der Waals surface area contributed by atoms with Crippen molar-refractivity contribution in [1.82, 2.24) is 39.7 Å². The van der Waals surface area contributed by atoms with Gasteiger partial charge in [-0.15, -0.1) is 0 Å². The molecule has 0 aliphatic heterocycles. The van der Waals surface area contributed by atoms with Gasteiger partial charge in [0.15, 0.2) is 6.19 Å².